The molecule has 0 atom stereocenters. The van der Waals surface area contributed by atoms with Crippen LogP contribution in [0.2, 0.25) is 5.02 Å². The maximum atomic E-state index is 12.7. The molecule has 1 fully saturated rings. The summed E-state index contributed by atoms with van der Waals surface area (Å²) in [6, 6.07) is 0.947. The standard InChI is InChI=1S/C15H23ClF3N5/c16-13-9-12(15(17,18)19)10-23-14(13)11-24-7-5-21-3-1-20-2-4-22-6-8-24/h9-10,20-22H,1-8,11H2. The molecule has 0 radical (unpaired) electrons. The van der Waals surface area contributed by atoms with Gasteiger partial charge in [-0.25, -0.2) is 0 Å². The van der Waals surface area contributed by atoms with E-state index in [1.165, 1.54) is 0 Å². The summed E-state index contributed by atoms with van der Waals surface area (Å²) in [5.74, 6) is 0. The lowest BCUT2D eigenvalue weighted by atomic mass is 10.2. The summed E-state index contributed by atoms with van der Waals surface area (Å²) >= 11 is 6.01. The third-order valence-corrected chi connectivity index (χ3v) is 4.11. The Morgan fingerprint density at radius 3 is 2.04 bits per heavy atom. The predicted octanol–water partition coefficient (Wildman–Crippen LogP) is 1.34. The zero-order valence-corrected chi connectivity index (χ0v) is 14.2. The van der Waals surface area contributed by atoms with Gasteiger partial charge in [-0.2, -0.15) is 13.2 Å². The van der Waals surface area contributed by atoms with Crippen LogP contribution in [-0.2, 0) is 12.7 Å². The van der Waals surface area contributed by atoms with Crippen LogP contribution in [0.1, 0.15) is 11.3 Å². The Hall–Kier alpha value is -0.930. The fourth-order valence-corrected chi connectivity index (χ4v) is 2.65. The Balaban J connectivity index is 1.97. The molecule has 0 unspecified atom stereocenters. The molecule has 3 N–H and O–H groups in total. The summed E-state index contributed by atoms with van der Waals surface area (Å²) in [6.07, 6.45) is -3.58. The van der Waals surface area contributed by atoms with Crippen LogP contribution in [0.4, 0.5) is 13.2 Å². The second-order valence-corrected chi connectivity index (χ2v) is 6.08. The monoisotopic (exact) mass is 365 g/mol. The minimum atomic E-state index is -4.43. The summed E-state index contributed by atoms with van der Waals surface area (Å²) in [4.78, 5) is 6.06. The number of alkyl halides is 3. The van der Waals surface area contributed by atoms with Gasteiger partial charge in [0.05, 0.1) is 16.3 Å². The van der Waals surface area contributed by atoms with Crippen LogP contribution in [0.5, 0.6) is 0 Å². The van der Waals surface area contributed by atoms with Crippen molar-refractivity contribution in [2.24, 2.45) is 0 Å². The molecule has 24 heavy (non-hydrogen) atoms. The quantitative estimate of drug-likeness (QED) is 0.738. The van der Waals surface area contributed by atoms with Gasteiger partial charge in [-0.3, -0.25) is 9.88 Å². The summed E-state index contributed by atoms with van der Waals surface area (Å²) in [7, 11) is 0. The second-order valence-electron chi connectivity index (χ2n) is 5.68. The number of rotatable bonds is 2. The topological polar surface area (TPSA) is 52.2 Å². The van der Waals surface area contributed by atoms with E-state index in [1.807, 2.05) is 0 Å². The van der Waals surface area contributed by atoms with Gasteiger partial charge in [0.2, 0.25) is 0 Å². The zero-order chi connectivity index (χ0) is 17.4. The molecule has 0 spiro atoms. The van der Waals surface area contributed by atoms with E-state index < -0.39 is 11.7 Å². The second kappa shape index (κ2) is 9.53. The Bertz CT molecular complexity index is 500. The molecule has 1 aliphatic heterocycles. The normalized spacial score (nSPS) is 19.5. The molecule has 0 aliphatic carbocycles. The first-order chi connectivity index (χ1) is 11.5. The number of hydrogen-bond donors (Lipinski definition) is 3. The van der Waals surface area contributed by atoms with Crippen molar-refractivity contribution in [1.29, 1.82) is 0 Å². The predicted molar refractivity (Wildman–Crippen MR) is 88.1 cm³/mol. The molecule has 1 aromatic rings. The molecular formula is C15H23ClF3N5. The number of halogens is 4. The minimum absolute atomic E-state index is 0.0565. The van der Waals surface area contributed by atoms with Crippen LogP contribution < -0.4 is 16.0 Å². The molecule has 1 aliphatic rings. The fraction of sp³-hybridized carbons (Fsp3) is 0.667. The number of nitrogens with one attached hydrogen (secondary N) is 3. The lowest BCUT2D eigenvalue weighted by Crippen LogP contribution is -2.41. The Morgan fingerprint density at radius 2 is 1.54 bits per heavy atom. The fourth-order valence-electron chi connectivity index (χ4n) is 2.42. The van der Waals surface area contributed by atoms with Crippen LogP contribution in [-0.4, -0.2) is 62.2 Å². The first-order valence-corrected chi connectivity index (χ1v) is 8.41. The number of hydrogen-bond acceptors (Lipinski definition) is 5. The third-order valence-electron chi connectivity index (χ3n) is 3.78. The van der Waals surface area contributed by atoms with Crippen molar-refractivity contribution in [2.75, 3.05) is 52.4 Å². The van der Waals surface area contributed by atoms with Gasteiger partial charge in [-0.05, 0) is 6.07 Å². The first-order valence-electron chi connectivity index (χ1n) is 8.03. The summed E-state index contributed by atoms with van der Waals surface area (Å²) < 4.78 is 38.0. The van der Waals surface area contributed by atoms with Crippen LogP contribution in [0.3, 0.4) is 0 Å². The van der Waals surface area contributed by atoms with Crippen molar-refractivity contribution in [3.8, 4) is 0 Å². The van der Waals surface area contributed by atoms with E-state index >= 15 is 0 Å². The van der Waals surface area contributed by atoms with Crippen LogP contribution in [0, 0.1) is 0 Å². The molecular weight excluding hydrogens is 343 g/mol. The molecule has 1 aromatic heterocycles. The average molecular weight is 366 g/mol. The van der Waals surface area contributed by atoms with Crippen LogP contribution in [0.15, 0.2) is 12.3 Å². The maximum absolute atomic E-state index is 12.7. The highest BCUT2D eigenvalue weighted by molar-refractivity contribution is 6.31. The largest absolute Gasteiger partial charge is 0.417 e. The molecule has 1 saturated heterocycles. The summed E-state index contributed by atoms with van der Waals surface area (Å²) in [5.41, 5.74) is -0.348. The van der Waals surface area contributed by atoms with Crippen molar-refractivity contribution in [2.45, 2.75) is 12.7 Å². The molecule has 0 bridgehead atoms. The minimum Gasteiger partial charge on any atom is -0.314 e. The highest BCUT2D eigenvalue weighted by atomic mass is 35.5. The van der Waals surface area contributed by atoms with Gasteiger partial charge < -0.3 is 16.0 Å². The van der Waals surface area contributed by atoms with Gasteiger partial charge in [-0.1, -0.05) is 11.6 Å². The van der Waals surface area contributed by atoms with Crippen molar-refractivity contribution in [3.63, 3.8) is 0 Å². The van der Waals surface area contributed by atoms with E-state index in [-0.39, 0.29) is 5.02 Å². The summed E-state index contributed by atoms with van der Waals surface area (Å²) in [5, 5.41) is 10.0. The van der Waals surface area contributed by atoms with Gasteiger partial charge in [0, 0.05) is 65.1 Å². The van der Waals surface area contributed by atoms with Gasteiger partial charge in [0.1, 0.15) is 0 Å². The highest BCUT2D eigenvalue weighted by Crippen LogP contribution is 2.31. The van der Waals surface area contributed by atoms with Crippen molar-refractivity contribution < 1.29 is 13.2 Å². The average Bonchev–Trinajstić information content (AvgIpc) is 2.50. The van der Waals surface area contributed by atoms with Gasteiger partial charge in [0.15, 0.2) is 0 Å². The molecule has 9 heteroatoms. The molecule has 0 aromatic carbocycles. The van der Waals surface area contributed by atoms with Gasteiger partial charge in [-0.15, -0.1) is 0 Å². The molecule has 2 rings (SSSR count). The maximum Gasteiger partial charge on any atom is 0.417 e. The van der Waals surface area contributed by atoms with E-state index in [2.05, 4.69) is 25.8 Å². The zero-order valence-electron chi connectivity index (χ0n) is 13.4. The molecule has 0 amide bonds. The smallest absolute Gasteiger partial charge is 0.314 e. The lowest BCUT2D eigenvalue weighted by molar-refractivity contribution is -0.137. The van der Waals surface area contributed by atoms with E-state index in [9.17, 15) is 13.2 Å². The van der Waals surface area contributed by atoms with E-state index in [1.54, 1.807) is 0 Å². The highest BCUT2D eigenvalue weighted by Gasteiger charge is 2.31. The number of aromatic nitrogens is 1. The number of pyridine rings is 1. The van der Waals surface area contributed by atoms with Crippen LogP contribution >= 0.6 is 11.6 Å². The van der Waals surface area contributed by atoms with Gasteiger partial charge >= 0.3 is 6.18 Å². The lowest BCUT2D eigenvalue weighted by Gasteiger charge is -2.24. The molecule has 2 heterocycles. The molecule has 136 valence electrons. The first kappa shape index (κ1) is 19.4. The van der Waals surface area contributed by atoms with Crippen molar-refractivity contribution in [1.82, 2.24) is 25.8 Å². The van der Waals surface area contributed by atoms with Crippen LogP contribution in [0.25, 0.3) is 0 Å². The van der Waals surface area contributed by atoms with E-state index in [4.69, 9.17) is 11.6 Å². The Labute approximate surface area is 145 Å². The van der Waals surface area contributed by atoms with E-state index in [0.717, 1.165) is 64.6 Å². The molecule has 5 nitrogen and oxygen atoms in total. The Kier molecular flexibility index (Phi) is 7.70. The molecule has 0 saturated carbocycles. The third kappa shape index (κ3) is 6.52. The number of nitrogens with zero attached hydrogens (tertiary/aromatic N) is 2. The summed E-state index contributed by atoms with van der Waals surface area (Å²) in [6.45, 7) is 7.18. The Morgan fingerprint density at radius 1 is 1.00 bits per heavy atom. The van der Waals surface area contributed by atoms with Crippen molar-refractivity contribution >= 4 is 11.6 Å². The SMILES string of the molecule is FC(F)(F)c1cnc(CN2CCNCCNCCNCC2)c(Cl)c1. The van der Waals surface area contributed by atoms with Gasteiger partial charge in [0.25, 0.3) is 0 Å². The van der Waals surface area contributed by atoms with Crippen molar-refractivity contribution in [3.05, 3.63) is 28.5 Å². The van der Waals surface area contributed by atoms with E-state index in [0.29, 0.717) is 12.2 Å².